The number of nitriles is 1. The van der Waals surface area contributed by atoms with Crippen LogP contribution in [0, 0.1) is 11.3 Å². The molecule has 0 aliphatic rings. The average Bonchev–Trinajstić information content (AvgIpc) is 3.16. The fourth-order valence-electron chi connectivity index (χ4n) is 3.48. The summed E-state index contributed by atoms with van der Waals surface area (Å²) >= 11 is 0. The normalized spacial score (nSPS) is 10.4. The SMILES string of the molecule is CC(=O)n1c(-c2ccc(C#N)cc2)cc(-c2ccccc2)c1-c1ccccc1. The van der Waals surface area contributed by atoms with E-state index in [1.807, 2.05) is 60.7 Å². The summed E-state index contributed by atoms with van der Waals surface area (Å²) < 4.78 is 1.76. The third-order valence-electron chi connectivity index (χ3n) is 4.76. The van der Waals surface area contributed by atoms with Crippen molar-refractivity contribution in [3.63, 3.8) is 0 Å². The van der Waals surface area contributed by atoms with Crippen LogP contribution in [-0.2, 0) is 0 Å². The topological polar surface area (TPSA) is 45.8 Å². The Bertz CT molecular complexity index is 1170. The van der Waals surface area contributed by atoms with Crippen molar-refractivity contribution in [3.8, 4) is 39.7 Å². The fourth-order valence-corrected chi connectivity index (χ4v) is 3.48. The summed E-state index contributed by atoms with van der Waals surface area (Å²) in [6, 6.07) is 31.5. The van der Waals surface area contributed by atoms with E-state index in [9.17, 15) is 4.79 Å². The number of benzene rings is 3. The number of carbonyl (C=O) groups excluding carboxylic acids is 1. The molecule has 0 fully saturated rings. The van der Waals surface area contributed by atoms with Crippen LogP contribution >= 0.6 is 0 Å². The van der Waals surface area contributed by atoms with Crippen LogP contribution in [0.3, 0.4) is 0 Å². The standard InChI is InChI=1S/C25H18N2O/c1-18(28)27-24(21-14-12-19(17-26)13-15-21)16-23(20-8-4-2-5-9-20)25(27)22-10-6-3-7-11-22/h2-16H,1H3. The predicted molar refractivity (Wildman–Crippen MR) is 112 cm³/mol. The van der Waals surface area contributed by atoms with Crippen LogP contribution < -0.4 is 0 Å². The van der Waals surface area contributed by atoms with Crippen LogP contribution in [0.5, 0.6) is 0 Å². The lowest BCUT2D eigenvalue weighted by Gasteiger charge is -2.12. The highest BCUT2D eigenvalue weighted by molar-refractivity contribution is 5.96. The first-order chi connectivity index (χ1) is 13.7. The van der Waals surface area contributed by atoms with Crippen LogP contribution in [0.4, 0.5) is 0 Å². The number of rotatable bonds is 3. The lowest BCUT2D eigenvalue weighted by atomic mass is 10.0. The van der Waals surface area contributed by atoms with E-state index in [4.69, 9.17) is 5.26 Å². The first-order valence-corrected chi connectivity index (χ1v) is 9.07. The third-order valence-corrected chi connectivity index (χ3v) is 4.76. The zero-order valence-corrected chi connectivity index (χ0v) is 15.5. The maximum Gasteiger partial charge on any atom is 0.228 e. The molecule has 0 amide bonds. The Hall–Kier alpha value is -3.90. The maximum absolute atomic E-state index is 12.7. The summed E-state index contributed by atoms with van der Waals surface area (Å²) in [5, 5.41) is 9.08. The molecule has 0 saturated carbocycles. The lowest BCUT2D eigenvalue weighted by Crippen LogP contribution is -2.09. The Kier molecular flexibility index (Phi) is 4.62. The molecule has 4 rings (SSSR count). The van der Waals surface area contributed by atoms with E-state index in [1.54, 1.807) is 23.6 Å². The van der Waals surface area contributed by atoms with Gasteiger partial charge in [-0.05, 0) is 34.9 Å². The minimum atomic E-state index is -0.0552. The second-order valence-corrected chi connectivity index (χ2v) is 6.57. The van der Waals surface area contributed by atoms with Crippen molar-refractivity contribution in [3.05, 3.63) is 96.6 Å². The van der Waals surface area contributed by atoms with E-state index in [1.165, 1.54) is 0 Å². The van der Waals surface area contributed by atoms with Crippen LogP contribution in [0.25, 0.3) is 33.6 Å². The highest BCUT2D eigenvalue weighted by Gasteiger charge is 2.21. The molecule has 134 valence electrons. The first-order valence-electron chi connectivity index (χ1n) is 9.07. The van der Waals surface area contributed by atoms with Gasteiger partial charge in [-0.1, -0.05) is 72.8 Å². The molecule has 0 radical (unpaired) electrons. The van der Waals surface area contributed by atoms with Gasteiger partial charge in [-0.15, -0.1) is 0 Å². The largest absolute Gasteiger partial charge is 0.279 e. The van der Waals surface area contributed by atoms with Gasteiger partial charge in [0.15, 0.2) is 0 Å². The molecule has 28 heavy (non-hydrogen) atoms. The van der Waals surface area contributed by atoms with Crippen LogP contribution in [-0.4, -0.2) is 10.5 Å². The minimum Gasteiger partial charge on any atom is -0.279 e. The van der Waals surface area contributed by atoms with Crippen LogP contribution in [0.2, 0.25) is 0 Å². The Morgan fingerprint density at radius 3 is 1.89 bits per heavy atom. The van der Waals surface area contributed by atoms with Crippen molar-refractivity contribution in [1.29, 1.82) is 5.26 Å². The molecule has 3 nitrogen and oxygen atoms in total. The number of nitrogens with zero attached hydrogens (tertiary/aromatic N) is 2. The summed E-state index contributed by atoms with van der Waals surface area (Å²) in [4.78, 5) is 12.7. The molecule has 0 atom stereocenters. The molecule has 0 saturated heterocycles. The summed E-state index contributed by atoms with van der Waals surface area (Å²) in [5.74, 6) is -0.0552. The maximum atomic E-state index is 12.7. The van der Waals surface area contributed by atoms with Crippen molar-refractivity contribution >= 4 is 5.91 Å². The third kappa shape index (κ3) is 3.13. The number of hydrogen-bond acceptors (Lipinski definition) is 2. The molecular formula is C25H18N2O. The highest BCUT2D eigenvalue weighted by atomic mass is 16.1. The Balaban J connectivity index is 2.03. The molecular weight excluding hydrogens is 344 g/mol. The van der Waals surface area contributed by atoms with Crippen molar-refractivity contribution in [2.75, 3.05) is 0 Å². The molecule has 0 spiro atoms. The lowest BCUT2D eigenvalue weighted by molar-refractivity contribution is 0.0940. The summed E-state index contributed by atoms with van der Waals surface area (Å²) in [5.41, 5.74) is 6.22. The molecule has 1 heterocycles. The van der Waals surface area contributed by atoms with Gasteiger partial charge in [0, 0.05) is 12.5 Å². The van der Waals surface area contributed by atoms with Crippen LogP contribution in [0.1, 0.15) is 17.3 Å². The van der Waals surface area contributed by atoms with Gasteiger partial charge in [-0.25, -0.2) is 0 Å². The van der Waals surface area contributed by atoms with Gasteiger partial charge in [0.1, 0.15) is 0 Å². The second-order valence-electron chi connectivity index (χ2n) is 6.57. The zero-order valence-electron chi connectivity index (χ0n) is 15.5. The van der Waals surface area contributed by atoms with Gasteiger partial charge in [0.2, 0.25) is 5.91 Å². The monoisotopic (exact) mass is 362 g/mol. The predicted octanol–water partition coefficient (Wildman–Crippen LogP) is 6.02. The first kappa shape index (κ1) is 17.5. The number of aromatic nitrogens is 1. The summed E-state index contributed by atoms with van der Waals surface area (Å²) in [6.07, 6.45) is 0. The Morgan fingerprint density at radius 1 is 0.786 bits per heavy atom. The average molecular weight is 362 g/mol. The smallest absolute Gasteiger partial charge is 0.228 e. The fraction of sp³-hybridized carbons (Fsp3) is 0.0400. The second kappa shape index (κ2) is 7.38. The number of hydrogen-bond donors (Lipinski definition) is 0. The summed E-state index contributed by atoms with van der Waals surface area (Å²) in [7, 11) is 0. The van der Waals surface area contributed by atoms with Gasteiger partial charge in [-0.3, -0.25) is 9.36 Å². The molecule has 1 aromatic heterocycles. The van der Waals surface area contributed by atoms with E-state index in [2.05, 4.69) is 24.3 Å². The molecule has 3 aromatic carbocycles. The van der Waals surface area contributed by atoms with E-state index >= 15 is 0 Å². The van der Waals surface area contributed by atoms with E-state index < -0.39 is 0 Å². The van der Waals surface area contributed by atoms with Crippen molar-refractivity contribution in [2.45, 2.75) is 6.92 Å². The molecule has 4 aromatic rings. The van der Waals surface area contributed by atoms with Gasteiger partial charge in [-0.2, -0.15) is 5.26 Å². The minimum absolute atomic E-state index is 0.0552. The molecule has 0 N–H and O–H groups in total. The van der Waals surface area contributed by atoms with Crippen molar-refractivity contribution in [1.82, 2.24) is 4.57 Å². The van der Waals surface area contributed by atoms with Crippen LogP contribution in [0.15, 0.2) is 91.0 Å². The van der Waals surface area contributed by atoms with Gasteiger partial charge in [0.05, 0.1) is 23.0 Å². The number of carbonyl (C=O) groups is 1. The van der Waals surface area contributed by atoms with Gasteiger partial charge in [0.25, 0.3) is 0 Å². The molecule has 0 bridgehead atoms. The van der Waals surface area contributed by atoms with E-state index in [-0.39, 0.29) is 5.91 Å². The molecule has 3 heteroatoms. The quantitative estimate of drug-likeness (QED) is 0.447. The summed E-state index contributed by atoms with van der Waals surface area (Å²) in [6.45, 7) is 1.58. The molecule has 0 unspecified atom stereocenters. The highest BCUT2D eigenvalue weighted by Crippen LogP contribution is 2.39. The molecule has 0 aliphatic carbocycles. The Labute approximate surface area is 164 Å². The van der Waals surface area contributed by atoms with E-state index in [0.717, 1.165) is 33.6 Å². The van der Waals surface area contributed by atoms with E-state index in [0.29, 0.717) is 5.56 Å². The Morgan fingerprint density at radius 2 is 1.36 bits per heavy atom. The van der Waals surface area contributed by atoms with Gasteiger partial charge >= 0.3 is 0 Å². The van der Waals surface area contributed by atoms with Gasteiger partial charge < -0.3 is 0 Å². The van der Waals surface area contributed by atoms with Crippen molar-refractivity contribution < 1.29 is 4.79 Å². The molecule has 0 aliphatic heterocycles. The van der Waals surface area contributed by atoms with Crippen molar-refractivity contribution in [2.24, 2.45) is 0 Å². The zero-order chi connectivity index (χ0) is 19.5.